The number of rotatable bonds is 3. The molecule has 1 aromatic rings. The Kier molecular flexibility index (Phi) is 4.08. The van der Waals surface area contributed by atoms with E-state index < -0.39 is 0 Å². The standard InChI is InChI=1S/C15H21N3O/c1-9-10(2)13(5-4-12(9)8-16)18-11(3)15-14(19)6-7-17-15/h4-5,11,14-15,17-19H,6-7H2,1-3H3/t11-,14-,15?/m0/s1. The zero-order valence-corrected chi connectivity index (χ0v) is 11.7. The lowest BCUT2D eigenvalue weighted by Gasteiger charge is -2.26. The minimum Gasteiger partial charge on any atom is -0.391 e. The molecule has 1 aliphatic rings. The van der Waals surface area contributed by atoms with Crippen molar-refractivity contribution in [1.82, 2.24) is 5.32 Å². The average Bonchev–Trinajstić information content (AvgIpc) is 2.81. The summed E-state index contributed by atoms with van der Waals surface area (Å²) in [5.74, 6) is 0. The molecule has 0 radical (unpaired) electrons. The van der Waals surface area contributed by atoms with Crippen LogP contribution in [0.25, 0.3) is 0 Å². The molecular formula is C15H21N3O. The fourth-order valence-electron chi connectivity index (χ4n) is 2.66. The fourth-order valence-corrected chi connectivity index (χ4v) is 2.66. The lowest BCUT2D eigenvalue weighted by molar-refractivity contribution is 0.153. The van der Waals surface area contributed by atoms with Crippen LogP contribution in [0.1, 0.15) is 30.0 Å². The van der Waals surface area contributed by atoms with Crippen molar-refractivity contribution in [2.45, 2.75) is 45.4 Å². The highest BCUT2D eigenvalue weighted by molar-refractivity contribution is 5.59. The number of aliphatic hydroxyl groups is 1. The van der Waals surface area contributed by atoms with E-state index in [1.165, 1.54) is 0 Å². The van der Waals surface area contributed by atoms with Gasteiger partial charge >= 0.3 is 0 Å². The average molecular weight is 259 g/mol. The predicted molar refractivity (Wildman–Crippen MR) is 76.1 cm³/mol. The van der Waals surface area contributed by atoms with Crippen LogP contribution in [-0.2, 0) is 0 Å². The van der Waals surface area contributed by atoms with Gasteiger partial charge in [0.25, 0.3) is 0 Å². The Bertz CT molecular complexity index is 507. The van der Waals surface area contributed by atoms with E-state index in [1.54, 1.807) is 0 Å². The summed E-state index contributed by atoms with van der Waals surface area (Å²) in [7, 11) is 0. The smallest absolute Gasteiger partial charge is 0.0994 e. The van der Waals surface area contributed by atoms with Crippen molar-refractivity contribution in [3.05, 3.63) is 28.8 Å². The van der Waals surface area contributed by atoms with Crippen molar-refractivity contribution in [1.29, 1.82) is 5.26 Å². The molecule has 1 aliphatic heterocycles. The van der Waals surface area contributed by atoms with Gasteiger partial charge in [-0.15, -0.1) is 0 Å². The number of nitrogens with one attached hydrogen (secondary N) is 2. The molecule has 0 amide bonds. The zero-order valence-electron chi connectivity index (χ0n) is 11.7. The molecular weight excluding hydrogens is 238 g/mol. The summed E-state index contributed by atoms with van der Waals surface area (Å²) >= 11 is 0. The van der Waals surface area contributed by atoms with Gasteiger partial charge in [0.2, 0.25) is 0 Å². The molecule has 0 aliphatic carbocycles. The van der Waals surface area contributed by atoms with Gasteiger partial charge < -0.3 is 15.7 Å². The minimum atomic E-state index is -0.290. The first-order valence-corrected chi connectivity index (χ1v) is 6.73. The molecule has 102 valence electrons. The van der Waals surface area contributed by atoms with Gasteiger partial charge in [-0.1, -0.05) is 0 Å². The van der Waals surface area contributed by atoms with E-state index in [4.69, 9.17) is 5.26 Å². The second-order valence-electron chi connectivity index (χ2n) is 5.29. The Labute approximate surface area is 114 Å². The SMILES string of the molecule is Cc1c(C#N)ccc(N[C@@H](C)C2NCC[C@@H]2O)c1C. The van der Waals surface area contributed by atoms with E-state index in [9.17, 15) is 5.11 Å². The molecule has 0 saturated carbocycles. The third-order valence-corrected chi connectivity index (χ3v) is 4.06. The molecule has 1 heterocycles. The topological polar surface area (TPSA) is 68.1 Å². The van der Waals surface area contributed by atoms with Crippen LogP contribution in [0.5, 0.6) is 0 Å². The Balaban J connectivity index is 2.15. The van der Waals surface area contributed by atoms with Gasteiger partial charge in [0.05, 0.1) is 23.8 Å². The third-order valence-electron chi connectivity index (χ3n) is 4.06. The fraction of sp³-hybridized carbons (Fsp3) is 0.533. The van der Waals surface area contributed by atoms with Crippen molar-refractivity contribution in [2.24, 2.45) is 0 Å². The summed E-state index contributed by atoms with van der Waals surface area (Å²) in [6.07, 6.45) is 0.518. The molecule has 1 fully saturated rings. The van der Waals surface area contributed by atoms with Crippen molar-refractivity contribution in [3.8, 4) is 6.07 Å². The predicted octanol–water partition coefficient (Wildman–Crippen LogP) is 1.70. The van der Waals surface area contributed by atoms with E-state index in [-0.39, 0.29) is 18.2 Å². The van der Waals surface area contributed by atoms with Gasteiger partial charge in [-0.25, -0.2) is 0 Å². The number of nitrogens with zero attached hydrogens (tertiary/aromatic N) is 1. The van der Waals surface area contributed by atoms with Gasteiger partial charge in [-0.2, -0.15) is 5.26 Å². The summed E-state index contributed by atoms with van der Waals surface area (Å²) in [4.78, 5) is 0. The molecule has 1 aromatic carbocycles. The molecule has 1 saturated heterocycles. The van der Waals surface area contributed by atoms with Crippen molar-refractivity contribution >= 4 is 5.69 Å². The van der Waals surface area contributed by atoms with Crippen LogP contribution >= 0.6 is 0 Å². The van der Waals surface area contributed by atoms with Crippen LogP contribution in [0, 0.1) is 25.2 Å². The lowest BCUT2D eigenvalue weighted by atomic mass is 10.0. The highest BCUT2D eigenvalue weighted by atomic mass is 16.3. The maximum Gasteiger partial charge on any atom is 0.0994 e. The van der Waals surface area contributed by atoms with Crippen molar-refractivity contribution in [2.75, 3.05) is 11.9 Å². The summed E-state index contributed by atoms with van der Waals surface area (Å²) in [6, 6.07) is 6.21. The summed E-state index contributed by atoms with van der Waals surface area (Å²) < 4.78 is 0. The number of hydrogen-bond donors (Lipinski definition) is 3. The molecule has 1 unspecified atom stereocenters. The molecule has 0 spiro atoms. The number of hydrogen-bond acceptors (Lipinski definition) is 4. The van der Waals surface area contributed by atoms with E-state index in [1.807, 2.05) is 26.0 Å². The third kappa shape index (κ3) is 2.73. The largest absolute Gasteiger partial charge is 0.391 e. The number of nitriles is 1. The monoisotopic (exact) mass is 259 g/mol. The Morgan fingerprint density at radius 2 is 2.16 bits per heavy atom. The van der Waals surface area contributed by atoms with E-state index in [2.05, 4.69) is 23.6 Å². The quantitative estimate of drug-likeness (QED) is 0.773. The maximum atomic E-state index is 9.90. The highest BCUT2D eigenvalue weighted by Crippen LogP contribution is 2.23. The van der Waals surface area contributed by atoms with E-state index in [0.717, 1.165) is 35.3 Å². The lowest BCUT2D eigenvalue weighted by Crippen LogP contribution is -2.44. The molecule has 0 bridgehead atoms. The minimum absolute atomic E-state index is 0.0790. The molecule has 4 heteroatoms. The van der Waals surface area contributed by atoms with Gasteiger partial charge in [0.1, 0.15) is 0 Å². The second-order valence-corrected chi connectivity index (χ2v) is 5.29. The molecule has 3 N–H and O–H groups in total. The number of benzene rings is 1. The molecule has 4 nitrogen and oxygen atoms in total. The highest BCUT2D eigenvalue weighted by Gasteiger charge is 2.29. The zero-order chi connectivity index (χ0) is 14.0. The molecule has 0 aromatic heterocycles. The summed E-state index contributed by atoms with van der Waals surface area (Å²) in [5, 5.41) is 25.7. The van der Waals surface area contributed by atoms with Crippen LogP contribution in [0.3, 0.4) is 0 Å². The van der Waals surface area contributed by atoms with Crippen LogP contribution in [0.15, 0.2) is 12.1 Å². The van der Waals surface area contributed by atoms with Crippen LogP contribution in [0.2, 0.25) is 0 Å². The number of anilines is 1. The number of aliphatic hydroxyl groups excluding tert-OH is 1. The van der Waals surface area contributed by atoms with Crippen LogP contribution < -0.4 is 10.6 Å². The van der Waals surface area contributed by atoms with Crippen LogP contribution in [0.4, 0.5) is 5.69 Å². The van der Waals surface area contributed by atoms with Gasteiger partial charge in [0.15, 0.2) is 0 Å². The van der Waals surface area contributed by atoms with Crippen molar-refractivity contribution in [3.63, 3.8) is 0 Å². The normalized spacial score (nSPS) is 23.9. The van der Waals surface area contributed by atoms with E-state index >= 15 is 0 Å². The first-order chi connectivity index (χ1) is 9.04. The second kappa shape index (κ2) is 5.60. The van der Waals surface area contributed by atoms with E-state index in [0.29, 0.717) is 0 Å². The molecule has 2 rings (SSSR count). The van der Waals surface area contributed by atoms with Crippen LogP contribution in [-0.4, -0.2) is 29.8 Å². The van der Waals surface area contributed by atoms with Crippen molar-refractivity contribution < 1.29 is 5.11 Å². The molecule has 19 heavy (non-hydrogen) atoms. The molecule has 3 atom stereocenters. The first-order valence-electron chi connectivity index (χ1n) is 6.73. The Hall–Kier alpha value is -1.57. The summed E-state index contributed by atoms with van der Waals surface area (Å²) in [5.41, 5.74) is 3.86. The maximum absolute atomic E-state index is 9.90. The van der Waals surface area contributed by atoms with Gasteiger partial charge in [0, 0.05) is 11.7 Å². The first kappa shape index (κ1) is 13.9. The summed E-state index contributed by atoms with van der Waals surface area (Å²) in [6.45, 7) is 6.92. The Morgan fingerprint density at radius 3 is 2.74 bits per heavy atom. The Morgan fingerprint density at radius 1 is 1.42 bits per heavy atom. The van der Waals surface area contributed by atoms with Gasteiger partial charge in [-0.3, -0.25) is 0 Å². The van der Waals surface area contributed by atoms with Gasteiger partial charge in [-0.05, 0) is 57.0 Å².